The van der Waals surface area contributed by atoms with E-state index in [9.17, 15) is 13.6 Å². The molecular formula is C18H19F2NO3. The standard InChI is InChI=1S/C18H19F2NO3/c1-24-15-10-9-13(19)16(17(15)20)18(23)21-14(8-5-11-22)12-6-3-2-4-7-12/h2-4,6-7,9-10,14,22H,5,8,11H2,1H3,(H,21,23). The average Bonchev–Trinajstić information content (AvgIpc) is 2.59. The summed E-state index contributed by atoms with van der Waals surface area (Å²) in [6, 6.07) is 10.7. The van der Waals surface area contributed by atoms with Crippen LogP contribution in [0, 0.1) is 11.6 Å². The Balaban J connectivity index is 2.28. The van der Waals surface area contributed by atoms with E-state index in [0.717, 1.165) is 17.7 Å². The van der Waals surface area contributed by atoms with E-state index < -0.39 is 29.1 Å². The molecule has 2 rings (SSSR count). The van der Waals surface area contributed by atoms with Crippen LogP contribution in [-0.2, 0) is 0 Å². The van der Waals surface area contributed by atoms with E-state index in [1.165, 1.54) is 7.11 Å². The van der Waals surface area contributed by atoms with Gasteiger partial charge in [0, 0.05) is 6.61 Å². The number of aliphatic hydroxyl groups excluding tert-OH is 1. The molecule has 1 atom stereocenters. The number of carbonyl (C=O) groups excluding carboxylic acids is 1. The molecule has 0 spiro atoms. The summed E-state index contributed by atoms with van der Waals surface area (Å²) in [5.74, 6) is -3.06. The molecule has 0 aliphatic heterocycles. The van der Waals surface area contributed by atoms with Gasteiger partial charge in [-0.1, -0.05) is 30.3 Å². The molecule has 128 valence electrons. The maximum absolute atomic E-state index is 14.2. The number of nitrogens with one attached hydrogen (secondary N) is 1. The predicted molar refractivity (Wildman–Crippen MR) is 85.9 cm³/mol. The van der Waals surface area contributed by atoms with E-state index in [2.05, 4.69) is 5.32 Å². The molecular weight excluding hydrogens is 316 g/mol. The Morgan fingerprint density at radius 1 is 1.21 bits per heavy atom. The van der Waals surface area contributed by atoms with Gasteiger partial charge < -0.3 is 15.2 Å². The summed E-state index contributed by atoms with van der Waals surface area (Å²) in [5.41, 5.74) is 0.113. The van der Waals surface area contributed by atoms with Gasteiger partial charge in [-0.05, 0) is 30.5 Å². The van der Waals surface area contributed by atoms with Crippen LogP contribution in [0.1, 0.15) is 34.8 Å². The van der Waals surface area contributed by atoms with Gasteiger partial charge in [0.25, 0.3) is 5.91 Å². The van der Waals surface area contributed by atoms with Crippen molar-refractivity contribution >= 4 is 5.91 Å². The summed E-state index contributed by atoms with van der Waals surface area (Å²) < 4.78 is 32.9. The van der Waals surface area contributed by atoms with Crippen molar-refractivity contribution in [2.24, 2.45) is 0 Å². The molecule has 2 N–H and O–H groups in total. The number of amides is 1. The Bertz CT molecular complexity index is 692. The third-order valence-corrected chi connectivity index (χ3v) is 3.66. The molecule has 0 heterocycles. The summed E-state index contributed by atoms with van der Waals surface area (Å²) in [4.78, 5) is 12.4. The molecule has 0 aromatic heterocycles. The smallest absolute Gasteiger partial charge is 0.257 e. The lowest BCUT2D eigenvalue weighted by atomic mass is 10.0. The first-order valence-corrected chi connectivity index (χ1v) is 7.57. The van der Waals surface area contributed by atoms with Gasteiger partial charge in [0.1, 0.15) is 11.4 Å². The van der Waals surface area contributed by atoms with Gasteiger partial charge in [-0.15, -0.1) is 0 Å². The number of ether oxygens (including phenoxy) is 1. The fourth-order valence-electron chi connectivity index (χ4n) is 2.43. The van der Waals surface area contributed by atoms with Crippen molar-refractivity contribution in [3.8, 4) is 5.75 Å². The largest absolute Gasteiger partial charge is 0.494 e. The van der Waals surface area contributed by atoms with Crippen LogP contribution in [-0.4, -0.2) is 24.7 Å². The quantitative estimate of drug-likeness (QED) is 0.817. The van der Waals surface area contributed by atoms with Crippen molar-refractivity contribution in [3.05, 3.63) is 65.2 Å². The molecule has 0 saturated carbocycles. The van der Waals surface area contributed by atoms with Gasteiger partial charge >= 0.3 is 0 Å². The molecule has 0 bridgehead atoms. The Morgan fingerprint density at radius 3 is 2.54 bits per heavy atom. The molecule has 0 radical (unpaired) electrons. The van der Waals surface area contributed by atoms with E-state index in [0.29, 0.717) is 12.8 Å². The number of rotatable bonds is 7. The summed E-state index contributed by atoms with van der Waals surface area (Å²) in [6.45, 7) is -0.0406. The molecule has 1 amide bonds. The molecule has 0 aliphatic rings. The van der Waals surface area contributed by atoms with Gasteiger partial charge in [0.15, 0.2) is 11.6 Å². The van der Waals surface area contributed by atoms with E-state index in [4.69, 9.17) is 9.84 Å². The maximum Gasteiger partial charge on any atom is 0.257 e. The van der Waals surface area contributed by atoms with Crippen LogP contribution in [0.2, 0.25) is 0 Å². The predicted octanol–water partition coefficient (Wildman–Crippen LogP) is 3.22. The highest BCUT2D eigenvalue weighted by Gasteiger charge is 2.23. The second kappa shape index (κ2) is 8.40. The summed E-state index contributed by atoms with van der Waals surface area (Å²) in [5, 5.41) is 11.7. The van der Waals surface area contributed by atoms with Crippen LogP contribution in [0.3, 0.4) is 0 Å². The number of hydrogen-bond donors (Lipinski definition) is 2. The van der Waals surface area contributed by atoms with Crippen molar-refractivity contribution in [1.82, 2.24) is 5.32 Å². The van der Waals surface area contributed by atoms with Gasteiger partial charge in [-0.2, -0.15) is 0 Å². The molecule has 0 fully saturated rings. The van der Waals surface area contributed by atoms with Crippen LogP contribution in [0.15, 0.2) is 42.5 Å². The van der Waals surface area contributed by atoms with Crippen molar-refractivity contribution in [2.45, 2.75) is 18.9 Å². The molecule has 6 heteroatoms. The summed E-state index contributed by atoms with van der Waals surface area (Å²) in [7, 11) is 1.24. The van der Waals surface area contributed by atoms with Crippen LogP contribution < -0.4 is 10.1 Å². The van der Waals surface area contributed by atoms with Crippen LogP contribution in [0.4, 0.5) is 8.78 Å². The molecule has 0 aliphatic carbocycles. The van der Waals surface area contributed by atoms with Crippen molar-refractivity contribution < 1.29 is 23.4 Å². The molecule has 2 aromatic rings. The monoisotopic (exact) mass is 335 g/mol. The number of halogens is 2. The third kappa shape index (κ3) is 4.08. The van der Waals surface area contributed by atoms with Crippen LogP contribution in [0.5, 0.6) is 5.75 Å². The first kappa shape index (κ1) is 17.9. The Labute approximate surface area is 139 Å². The highest BCUT2D eigenvalue weighted by molar-refractivity contribution is 5.95. The molecule has 4 nitrogen and oxygen atoms in total. The SMILES string of the molecule is COc1ccc(F)c(C(=O)NC(CCCO)c2ccccc2)c1F. The normalized spacial score (nSPS) is 11.8. The van der Waals surface area contributed by atoms with Gasteiger partial charge in [-0.3, -0.25) is 4.79 Å². The second-order valence-corrected chi connectivity index (χ2v) is 5.24. The fraction of sp³-hybridized carbons (Fsp3) is 0.278. The summed E-state index contributed by atoms with van der Waals surface area (Å²) in [6.07, 6.45) is 0.891. The molecule has 0 saturated heterocycles. The minimum absolute atomic E-state index is 0.0406. The number of benzene rings is 2. The zero-order chi connectivity index (χ0) is 17.5. The molecule has 1 unspecified atom stereocenters. The first-order chi connectivity index (χ1) is 11.6. The fourth-order valence-corrected chi connectivity index (χ4v) is 2.43. The van der Waals surface area contributed by atoms with E-state index in [-0.39, 0.29) is 12.4 Å². The highest BCUT2D eigenvalue weighted by Crippen LogP contribution is 2.25. The first-order valence-electron chi connectivity index (χ1n) is 7.57. The Hall–Kier alpha value is -2.47. The Morgan fingerprint density at radius 2 is 1.92 bits per heavy atom. The zero-order valence-electron chi connectivity index (χ0n) is 13.3. The molecule has 2 aromatic carbocycles. The number of methoxy groups -OCH3 is 1. The molecule has 24 heavy (non-hydrogen) atoms. The average molecular weight is 335 g/mol. The van der Waals surface area contributed by atoms with E-state index in [1.54, 1.807) is 24.3 Å². The lowest BCUT2D eigenvalue weighted by Crippen LogP contribution is -2.30. The second-order valence-electron chi connectivity index (χ2n) is 5.24. The minimum Gasteiger partial charge on any atom is -0.494 e. The van der Waals surface area contributed by atoms with Gasteiger partial charge in [0.2, 0.25) is 0 Å². The van der Waals surface area contributed by atoms with Crippen molar-refractivity contribution in [2.75, 3.05) is 13.7 Å². The minimum atomic E-state index is -1.04. The third-order valence-electron chi connectivity index (χ3n) is 3.66. The lowest BCUT2D eigenvalue weighted by Gasteiger charge is -2.19. The Kier molecular flexibility index (Phi) is 6.26. The van der Waals surface area contributed by atoms with E-state index >= 15 is 0 Å². The zero-order valence-corrected chi connectivity index (χ0v) is 13.3. The van der Waals surface area contributed by atoms with Crippen molar-refractivity contribution in [3.63, 3.8) is 0 Å². The highest BCUT2D eigenvalue weighted by atomic mass is 19.1. The van der Waals surface area contributed by atoms with Crippen molar-refractivity contribution in [1.29, 1.82) is 0 Å². The van der Waals surface area contributed by atoms with Crippen LogP contribution >= 0.6 is 0 Å². The lowest BCUT2D eigenvalue weighted by molar-refractivity contribution is 0.0923. The topological polar surface area (TPSA) is 58.6 Å². The number of aliphatic hydroxyl groups is 1. The van der Waals surface area contributed by atoms with Gasteiger partial charge in [-0.25, -0.2) is 8.78 Å². The van der Waals surface area contributed by atoms with Gasteiger partial charge in [0.05, 0.1) is 13.2 Å². The number of carbonyl (C=O) groups is 1. The van der Waals surface area contributed by atoms with Crippen LogP contribution in [0.25, 0.3) is 0 Å². The number of hydrogen-bond acceptors (Lipinski definition) is 3. The van der Waals surface area contributed by atoms with E-state index in [1.807, 2.05) is 6.07 Å². The maximum atomic E-state index is 14.2. The summed E-state index contributed by atoms with van der Waals surface area (Å²) >= 11 is 0.